The van der Waals surface area contributed by atoms with Gasteiger partial charge < -0.3 is 0 Å². The minimum Gasteiger partial charge on any atom is -0.255 e. The third kappa shape index (κ3) is 1.59. The molecule has 2 rings (SSSR count). The summed E-state index contributed by atoms with van der Waals surface area (Å²) in [5.74, 6) is 0. The maximum atomic E-state index is 5.97. The van der Waals surface area contributed by atoms with Gasteiger partial charge in [-0.25, -0.2) is 0 Å². The van der Waals surface area contributed by atoms with Crippen LogP contribution in [0.4, 0.5) is 0 Å². The topological polar surface area (TPSA) is 30.7 Å². The highest BCUT2D eigenvalue weighted by molar-refractivity contribution is 6.34. The number of nitrogens with zero attached hydrogens (tertiary/aromatic N) is 3. The minimum atomic E-state index is 0.183. The zero-order valence-corrected chi connectivity index (χ0v) is 9.05. The molecule has 0 saturated heterocycles. The van der Waals surface area contributed by atoms with Crippen molar-refractivity contribution in [2.75, 3.05) is 0 Å². The van der Waals surface area contributed by atoms with Gasteiger partial charge in [-0.1, -0.05) is 23.7 Å². The van der Waals surface area contributed by atoms with E-state index >= 15 is 0 Å². The van der Waals surface area contributed by atoms with E-state index in [2.05, 4.69) is 10.2 Å². The smallest absolute Gasteiger partial charge is 0.230 e. The van der Waals surface area contributed by atoms with Gasteiger partial charge in [-0.3, -0.25) is 4.57 Å². The summed E-state index contributed by atoms with van der Waals surface area (Å²) in [7, 11) is 0. The second-order valence-electron chi connectivity index (χ2n) is 2.52. The predicted molar refractivity (Wildman–Crippen MR) is 56.4 cm³/mol. The highest BCUT2D eigenvalue weighted by Crippen LogP contribution is 2.25. The van der Waals surface area contributed by atoms with Gasteiger partial charge in [-0.05, 0) is 35.3 Å². The van der Waals surface area contributed by atoms with Crippen LogP contribution in [-0.2, 0) is 0 Å². The van der Waals surface area contributed by atoms with Crippen molar-refractivity contribution >= 4 is 34.8 Å². The molecule has 0 unspecified atom stereocenters. The van der Waals surface area contributed by atoms with Crippen molar-refractivity contribution in [3.63, 3.8) is 0 Å². The molecule has 0 aliphatic heterocycles. The Morgan fingerprint density at radius 3 is 2.07 bits per heavy atom. The van der Waals surface area contributed by atoms with E-state index in [1.807, 2.05) is 12.1 Å². The van der Waals surface area contributed by atoms with E-state index < -0.39 is 0 Å². The zero-order valence-electron chi connectivity index (χ0n) is 6.78. The van der Waals surface area contributed by atoms with E-state index in [4.69, 9.17) is 34.8 Å². The van der Waals surface area contributed by atoms with E-state index in [1.54, 1.807) is 12.1 Å². The highest BCUT2D eigenvalue weighted by Gasteiger charge is 2.11. The number of hydrogen-bond acceptors (Lipinski definition) is 2. The number of aromatic nitrogens is 3. The Morgan fingerprint density at radius 2 is 1.50 bits per heavy atom. The lowest BCUT2D eigenvalue weighted by atomic mass is 10.3. The Labute approximate surface area is 95.2 Å². The predicted octanol–water partition coefficient (Wildman–Crippen LogP) is 3.23. The number of para-hydroxylation sites is 1. The van der Waals surface area contributed by atoms with Crippen molar-refractivity contribution in [3.05, 3.63) is 39.9 Å². The van der Waals surface area contributed by atoms with Crippen LogP contribution in [0.2, 0.25) is 15.6 Å². The quantitative estimate of drug-likeness (QED) is 0.776. The Hall–Kier alpha value is -0.770. The van der Waals surface area contributed by atoms with Crippen molar-refractivity contribution in [1.82, 2.24) is 14.8 Å². The summed E-state index contributed by atoms with van der Waals surface area (Å²) < 4.78 is 1.46. The van der Waals surface area contributed by atoms with Gasteiger partial charge in [0.1, 0.15) is 0 Å². The Kier molecular flexibility index (Phi) is 2.63. The molecule has 0 radical (unpaired) electrons. The molecule has 0 aliphatic rings. The lowest BCUT2D eigenvalue weighted by Crippen LogP contribution is -1.94. The Morgan fingerprint density at radius 1 is 0.929 bits per heavy atom. The van der Waals surface area contributed by atoms with E-state index in [9.17, 15) is 0 Å². The van der Waals surface area contributed by atoms with E-state index in [1.165, 1.54) is 4.57 Å². The van der Waals surface area contributed by atoms with Crippen molar-refractivity contribution in [2.24, 2.45) is 0 Å². The van der Waals surface area contributed by atoms with E-state index in [0.29, 0.717) is 10.7 Å². The van der Waals surface area contributed by atoms with Crippen molar-refractivity contribution in [1.29, 1.82) is 0 Å². The molecule has 2 aromatic rings. The lowest BCUT2D eigenvalue weighted by molar-refractivity contribution is 1.06. The van der Waals surface area contributed by atoms with Gasteiger partial charge in [-0.2, -0.15) is 0 Å². The fourth-order valence-electron chi connectivity index (χ4n) is 1.08. The molecule has 1 aromatic heterocycles. The average molecular weight is 248 g/mol. The van der Waals surface area contributed by atoms with E-state index in [-0.39, 0.29) is 10.6 Å². The molecule has 1 heterocycles. The zero-order chi connectivity index (χ0) is 10.1. The largest absolute Gasteiger partial charge is 0.255 e. The third-order valence-electron chi connectivity index (χ3n) is 1.68. The summed E-state index contributed by atoms with van der Waals surface area (Å²) in [6, 6.07) is 7.17. The summed E-state index contributed by atoms with van der Waals surface area (Å²) in [5, 5.41) is 8.15. The maximum absolute atomic E-state index is 5.97. The molecular weight excluding hydrogens is 244 g/mol. The molecule has 3 nitrogen and oxygen atoms in total. The molecule has 6 heteroatoms. The summed E-state index contributed by atoms with van der Waals surface area (Å²) >= 11 is 17.6. The molecule has 72 valence electrons. The third-order valence-corrected chi connectivity index (χ3v) is 2.49. The molecule has 0 aliphatic carbocycles. The monoisotopic (exact) mass is 247 g/mol. The summed E-state index contributed by atoms with van der Waals surface area (Å²) in [5.41, 5.74) is 0.661. The minimum absolute atomic E-state index is 0.183. The summed E-state index contributed by atoms with van der Waals surface area (Å²) in [6.07, 6.45) is 0. The molecule has 0 fully saturated rings. The van der Waals surface area contributed by atoms with Crippen LogP contribution >= 0.6 is 34.8 Å². The molecule has 14 heavy (non-hydrogen) atoms. The van der Waals surface area contributed by atoms with Crippen LogP contribution in [0.3, 0.4) is 0 Å². The van der Waals surface area contributed by atoms with Crippen LogP contribution in [0.15, 0.2) is 24.3 Å². The Bertz CT molecular complexity index is 447. The molecule has 0 saturated carbocycles. The van der Waals surface area contributed by atoms with Gasteiger partial charge in [0.15, 0.2) is 0 Å². The molecular formula is C8H4Cl3N3. The van der Waals surface area contributed by atoms with Crippen molar-refractivity contribution < 1.29 is 0 Å². The first-order valence-corrected chi connectivity index (χ1v) is 4.85. The van der Waals surface area contributed by atoms with Gasteiger partial charge in [-0.15, -0.1) is 10.2 Å². The fraction of sp³-hybridized carbons (Fsp3) is 0. The SMILES string of the molecule is Clc1ccccc1-n1c(Cl)nnc1Cl. The summed E-state index contributed by atoms with van der Waals surface area (Å²) in [4.78, 5) is 0. The fourth-order valence-corrected chi connectivity index (χ4v) is 1.76. The standard InChI is InChI=1S/C8H4Cl3N3/c9-5-3-1-2-4-6(5)14-7(10)12-13-8(14)11/h1-4H. The van der Waals surface area contributed by atoms with Gasteiger partial charge in [0.25, 0.3) is 0 Å². The molecule has 0 spiro atoms. The first-order valence-electron chi connectivity index (χ1n) is 3.71. The van der Waals surface area contributed by atoms with Crippen LogP contribution < -0.4 is 0 Å². The van der Waals surface area contributed by atoms with Crippen molar-refractivity contribution in [2.45, 2.75) is 0 Å². The van der Waals surface area contributed by atoms with Crippen LogP contribution in [-0.4, -0.2) is 14.8 Å². The molecule has 0 N–H and O–H groups in total. The first kappa shape index (κ1) is 9.77. The van der Waals surface area contributed by atoms with Crippen LogP contribution in [0, 0.1) is 0 Å². The maximum Gasteiger partial charge on any atom is 0.230 e. The summed E-state index contributed by atoms with van der Waals surface area (Å²) in [6.45, 7) is 0. The molecule has 0 atom stereocenters. The second kappa shape index (κ2) is 3.77. The number of halogens is 3. The molecule has 1 aromatic carbocycles. The van der Waals surface area contributed by atoms with Gasteiger partial charge in [0.2, 0.25) is 10.6 Å². The number of benzene rings is 1. The van der Waals surface area contributed by atoms with Crippen LogP contribution in [0.25, 0.3) is 5.69 Å². The Balaban J connectivity index is 2.66. The lowest BCUT2D eigenvalue weighted by Gasteiger charge is -2.05. The van der Waals surface area contributed by atoms with Gasteiger partial charge in [0, 0.05) is 0 Å². The van der Waals surface area contributed by atoms with E-state index in [0.717, 1.165) is 0 Å². The number of hydrogen-bond donors (Lipinski definition) is 0. The molecule has 0 bridgehead atoms. The molecule has 0 amide bonds. The van der Waals surface area contributed by atoms with Crippen molar-refractivity contribution in [3.8, 4) is 5.69 Å². The number of rotatable bonds is 1. The van der Waals surface area contributed by atoms with Crippen LogP contribution in [0.5, 0.6) is 0 Å². The second-order valence-corrected chi connectivity index (χ2v) is 3.61. The first-order chi connectivity index (χ1) is 6.70. The van der Waals surface area contributed by atoms with Gasteiger partial charge in [0.05, 0.1) is 10.7 Å². The van der Waals surface area contributed by atoms with Crippen LogP contribution in [0.1, 0.15) is 0 Å². The highest BCUT2D eigenvalue weighted by atomic mass is 35.5. The van der Waals surface area contributed by atoms with Gasteiger partial charge >= 0.3 is 0 Å². The normalized spacial score (nSPS) is 10.5. The average Bonchev–Trinajstić information content (AvgIpc) is 2.48.